The zero-order valence-corrected chi connectivity index (χ0v) is 8.19. The van der Waals surface area contributed by atoms with E-state index in [2.05, 4.69) is 0 Å². The number of rotatable bonds is 3. The van der Waals surface area contributed by atoms with Crippen LogP contribution < -0.4 is 0 Å². The van der Waals surface area contributed by atoms with E-state index in [-0.39, 0.29) is 6.29 Å². The Morgan fingerprint density at radius 3 is 2.86 bits per heavy atom. The van der Waals surface area contributed by atoms with Gasteiger partial charge in [0, 0.05) is 7.11 Å². The number of hydrogen-bond donors (Lipinski definition) is 0. The summed E-state index contributed by atoms with van der Waals surface area (Å²) in [6.07, 6.45) is 0.608. The third-order valence-electron chi connectivity index (χ3n) is 2.03. The molecule has 4 nitrogen and oxygen atoms in total. The van der Waals surface area contributed by atoms with Gasteiger partial charge in [0.2, 0.25) is 6.29 Å². The fourth-order valence-electron chi connectivity index (χ4n) is 1.39. The van der Waals surface area contributed by atoms with Crippen LogP contribution in [-0.2, 0) is 20.8 Å². The molecular formula is C10H14O4. The Hall–Kier alpha value is -0.840. The summed E-state index contributed by atoms with van der Waals surface area (Å²) < 4.78 is 21.2. The Morgan fingerprint density at radius 1 is 1.36 bits per heavy atom. The molecule has 1 fully saturated rings. The van der Waals surface area contributed by atoms with Gasteiger partial charge in [-0.1, -0.05) is 0 Å². The summed E-state index contributed by atoms with van der Waals surface area (Å²) in [6.45, 7) is 1.93. The van der Waals surface area contributed by atoms with Crippen LogP contribution in [0.5, 0.6) is 0 Å². The lowest BCUT2D eigenvalue weighted by molar-refractivity contribution is -0.192. The summed E-state index contributed by atoms with van der Waals surface area (Å²) in [4.78, 5) is 0. The molecule has 0 amide bonds. The molecule has 0 aliphatic carbocycles. The Morgan fingerprint density at radius 2 is 2.14 bits per heavy atom. The number of methoxy groups -OCH3 is 1. The van der Waals surface area contributed by atoms with Crippen molar-refractivity contribution in [1.82, 2.24) is 0 Å². The third kappa shape index (κ3) is 2.15. The van der Waals surface area contributed by atoms with Gasteiger partial charge >= 0.3 is 0 Å². The Labute approximate surface area is 82.8 Å². The van der Waals surface area contributed by atoms with Gasteiger partial charge in [0.05, 0.1) is 13.2 Å². The van der Waals surface area contributed by atoms with Crippen molar-refractivity contribution in [2.45, 2.75) is 19.3 Å². The smallest absolute Gasteiger partial charge is 0.217 e. The van der Waals surface area contributed by atoms with Gasteiger partial charge in [-0.3, -0.25) is 0 Å². The minimum absolute atomic E-state index is 0.339. The summed E-state index contributed by atoms with van der Waals surface area (Å²) in [7, 11) is 1.63. The van der Waals surface area contributed by atoms with E-state index in [0.717, 1.165) is 31.2 Å². The molecule has 0 N–H and O–H groups in total. The van der Waals surface area contributed by atoms with Crippen LogP contribution in [0.3, 0.4) is 0 Å². The first-order chi connectivity index (χ1) is 6.90. The Bertz CT molecular complexity index is 275. The maximum Gasteiger partial charge on any atom is 0.217 e. The lowest BCUT2D eigenvalue weighted by atomic mass is 10.4. The molecule has 1 aromatic heterocycles. The predicted molar refractivity (Wildman–Crippen MR) is 48.7 cm³/mol. The molecule has 1 aliphatic heterocycles. The van der Waals surface area contributed by atoms with E-state index in [4.69, 9.17) is 18.6 Å². The first-order valence-electron chi connectivity index (χ1n) is 4.71. The van der Waals surface area contributed by atoms with Crippen molar-refractivity contribution in [3.05, 3.63) is 23.7 Å². The maximum absolute atomic E-state index is 5.49. The Kier molecular flexibility index (Phi) is 3.18. The molecule has 78 valence electrons. The first-order valence-corrected chi connectivity index (χ1v) is 4.71. The zero-order chi connectivity index (χ0) is 9.80. The van der Waals surface area contributed by atoms with Crippen LogP contribution in [0.15, 0.2) is 16.5 Å². The summed E-state index contributed by atoms with van der Waals surface area (Å²) >= 11 is 0. The van der Waals surface area contributed by atoms with Crippen molar-refractivity contribution >= 4 is 0 Å². The zero-order valence-electron chi connectivity index (χ0n) is 8.19. The van der Waals surface area contributed by atoms with Crippen LogP contribution in [0.2, 0.25) is 0 Å². The molecule has 0 unspecified atom stereocenters. The van der Waals surface area contributed by atoms with Crippen LogP contribution in [-0.4, -0.2) is 20.3 Å². The van der Waals surface area contributed by atoms with Crippen molar-refractivity contribution in [1.29, 1.82) is 0 Å². The number of ether oxygens (including phenoxy) is 3. The van der Waals surface area contributed by atoms with Crippen molar-refractivity contribution in [2.75, 3.05) is 20.3 Å². The summed E-state index contributed by atoms with van der Waals surface area (Å²) in [6, 6.07) is 3.74. The lowest BCUT2D eigenvalue weighted by Crippen LogP contribution is -2.17. The van der Waals surface area contributed by atoms with Crippen molar-refractivity contribution < 1.29 is 18.6 Å². The van der Waals surface area contributed by atoms with Crippen LogP contribution in [0.1, 0.15) is 24.2 Å². The van der Waals surface area contributed by atoms with E-state index in [1.165, 1.54) is 0 Å². The molecule has 0 saturated carbocycles. The third-order valence-corrected chi connectivity index (χ3v) is 2.03. The predicted octanol–water partition coefficient (Wildman–Crippen LogP) is 1.86. The summed E-state index contributed by atoms with van der Waals surface area (Å²) in [5.41, 5.74) is 0. The van der Waals surface area contributed by atoms with Crippen LogP contribution in [0.25, 0.3) is 0 Å². The van der Waals surface area contributed by atoms with E-state index in [0.29, 0.717) is 6.61 Å². The number of furan rings is 1. The van der Waals surface area contributed by atoms with E-state index in [1.54, 1.807) is 7.11 Å². The standard InChI is InChI=1S/C10H14O4/c1-11-7-8-3-4-9(14-8)10-12-5-2-6-13-10/h3-4,10H,2,5-7H2,1H3. The molecule has 0 radical (unpaired) electrons. The SMILES string of the molecule is COCc1ccc(C2OCCCO2)o1. The lowest BCUT2D eigenvalue weighted by Gasteiger charge is -2.21. The van der Waals surface area contributed by atoms with Gasteiger partial charge in [-0.25, -0.2) is 0 Å². The second-order valence-corrected chi connectivity index (χ2v) is 3.16. The molecule has 2 heterocycles. The van der Waals surface area contributed by atoms with Gasteiger partial charge in [0.15, 0.2) is 5.76 Å². The van der Waals surface area contributed by atoms with E-state index in [9.17, 15) is 0 Å². The van der Waals surface area contributed by atoms with E-state index < -0.39 is 0 Å². The molecule has 0 atom stereocenters. The van der Waals surface area contributed by atoms with Crippen molar-refractivity contribution in [3.8, 4) is 0 Å². The molecular weight excluding hydrogens is 184 g/mol. The fraction of sp³-hybridized carbons (Fsp3) is 0.600. The highest BCUT2D eigenvalue weighted by Crippen LogP contribution is 2.24. The fourth-order valence-corrected chi connectivity index (χ4v) is 1.39. The molecule has 1 saturated heterocycles. The molecule has 4 heteroatoms. The van der Waals surface area contributed by atoms with E-state index >= 15 is 0 Å². The van der Waals surface area contributed by atoms with Gasteiger partial charge in [0.25, 0.3) is 0 Å². The maximum atomic E-state index is 5.49. The van der Waals surface area contributed by atoms with Crippen LogP contribution >= 0.6 is 0 Å². The highest BCUT2D eigenvalue weighted by molar-refractivity contribution is 5.07. The second kappa shape index (κ2) is 4.59. The molecule has 14 heavy (non-hydrogen) atoms. The van der Waals surface area contributed by atoms with E-state index in [1.807, 2.05) is 12.1 Å². The normalized spacial score (nSPS) is 18.6. The highest BCUT2D eigenvalue weighted by Gasteiger charge is 2.19. The largest absolute Gasteiger partial charge is 0.458 e. The summed E-state index contributed by atoms with van der Waals surface area (Å²) in [5.74, 6) is 1.51. The minimum Gasteiger partial charge on any atom is -0.458 e. The molecule has 0 bridgehead atoms. The molecule has 0 spiro atoms. The van der Waals surface area contributed by atoms with Crippen LogP contribution in [0.4, 0.5) is 0 Å². The van der Waals surface area contributed by atoms with Crippen molar-refractivity contribution in [3.63, 3.8) is 0 Å². The molecule has 1 aliphatic rings. The number of hydrogen-bond acceptors (Lipinski definition) is 4. The second-order valence-electron chi connectivity index (χ2n) is 3.16. The van der Waals surface area contributed by atoms with Gasteiger partial charge < -0.3 is 18.6 Å². The monoisotopic (exact) mass is 198 g/mol. The molecule has 2 rings (SSSR count). The van der Waals surface area contributed by atoms with Gasteiger partial charge in [-0.15, -0.1) is 0 Å². The van der Waals surface area contributed by atoms with Gasteiger partial charge in [-0.2, -0.15) is 0 Å². The molecule has 0 aromatic carbocycles. The average molecular weight is 198 g/mol. The average Bonchev–Trinajstić information content (AvgIpc) is 2.68. The van der Waals surface area contributed by atoms with Gasteiger partial charge in [0.1, 0.15) is 12.4 Å². The first kappa shape index (κ1) is 9.71. The van der Waals surface area contributed by atoms with Crippen molar-refractivity contribution in [2.24, 2.45) is 0 Å². The Balaban J connectivity index is 2.00. The topological polar surface area (TPSA) is 40.8 Å². The quantitative estimate of drug-likeness (QED) is 0.743. The highest BCUT2D eigenvalue weighted by atomic mass is 16.7. The summed E-state index contributed by atoms with van der Waals surface area (Å²) in [5, 5.41) is 0. The van der Waals surface area contributed by atoms with Crippen LogP contribution in [0, 0.1) is 0 Å². The van der Waals surface area contributed by atoms with Gasteiger partial charge in [-0.05, 0) is 18.6 Å². The minimum atomic E-state index is -0.339. The molecule has 1 aromatic rings.